The molecule has 2 aliphatic heterocycles. The Morgan fingerprint density at radius 2 is 2.12 bits per heavy atom. The van der Waals surface area contributed by atoms with E-state index in [0.717, 1.165) is 4.88 Å². The molecule has 4 rings (SSSR count). The summed E-state index contributed by atoms with van der Waals surface area (Å²) >= 11 is 1.53. The van der Waals surface area contributed by atoms with E-state index in [-0.39, 0.29) is 18.3 Å². The molecule has 1 aromatic carbocycles. The van der Waals surface area contributed by atoms with Gasteiger partial charge in [-0.05, 0) is 23.6 Å². The number of hydrogen-bond donors (Lipinski definition) is 0. The van der Waals surface area contributed by atoms with Gasteiger partial charge in [-0.3, -0.25) is 9.59 Å². The molecule has 1 aromatic heterocycles. The molecule has 7 heteroatoms. The van der Waals surface area contributed by atoms with Crippen LogP contribution in [0, 0.1) is 0 Å². The first-order chi connectivity index (χ1) is 12.7. The molecule has 0 atom stereocenters. The minimum absolute atomic E-state index is 0.0510. The van der Waals surface area contributed by atoms with Crippen LogP contribution in [0.15, 0.2) is 41.5 Å². The van der Waals surface area contributed by atoms with Crippen LogP contribution in [-0.2, 0) is 9.53 Å². The number of benzene rings is 1. The van der Waals surface area contributed by atoms with Gasteiger partial charge in [0.05, 0.1) is 18.8 Å². The van der Waals surface area contributed by atoms with Crippen LogP contribution in [0.25, 0.3) is 6.08 Å². The minimum atomic E-state index is -0.149. The standard InChI is InChI=1S/C19H17NO5S/c21-18(20-5-7-23-8-6-20)12-24-13-3-4-15-16(10-13)25-17(19(15)22)11-14-2-1-9-26-14/h1-4,9-11H,5-8,12H2. The number of carbonyl (C=O) groups excluding carboxylic acids is 2. The van der Waals surface area contributed by atoms with Crippen LogP contribution in [0.2, 0.25) is 0 Å². The van der Waals surface area contributed by atoms with Crippen molar-refractivity contribution >= 4 is 29.1 Å². The number of thiophene rings is 1. The van der Waals surface area contributed by atoms with Crippen molar-refractivity contribution in [2.75, 3.05) is 32.9 Å². The van der Waals surface area contributed by atoms with Crippen molar-refractivity contribution in [2.24, 2.45) is 0 Å². The summed E-state index contributed by atoms with van der Waals surface area (Å²) in [4.78, 5) is 27.2. The minimum Gasteiger partial charge on any atom is -0.484 e. The summed E-state index contributed by atoms with van der Waals surface area (Å²) in [5.41, 5.74) is 0.500. The molecular weight excluding hydrogens is 354 g/mol. The predicted octanol–water partition coefficient (Wildman–Crippen LogP) is 2.60. The summed E-state index contributed by atoms with van der Waals surface area (Å²) in [6, 6.07) is 8.83. The van der Waals surface area contributed by atoms with Crippen molar-refractivity contribution in [3.63, 3.8) is 0 Å². The van der Waals surface area contributed by atoms with Gasteiger partial charge >= 0.3 is 0 Å². The Morgan fingerprint density at radius 3 is 2.88 bits per heavy atom. The first kappa shape index (κ1) is 16.8. The van der Waals surface area contributed by atoms with E-state index in [2.05, 4.69) is 0 Å². The third-order valence-corrected chi connectivity index (χ3v) is 5.00. The predicted molar refractivity (Wildman–Crippen MR) is 96.6 cm³/mol. The van der Waals surface area contributed by atoms with Crippen molar-refractivity contribution < 1.29 is 23.8 Å². The van der Waals surface area contributed by atoms with E-state index >= 15 is 0 Å². The molecule has 1 fully saturated rings. The lowest BCUT2D eigenvalue weighted by atomic mass is 10.1. The summed E-state index contributed by atoms with van der Waals surface area (Å²) in [6.07, 6.45) is 1.73. The van der Waals surface area contributed by atoms with Crippen LogP contribution in [0.1, 0.15) is 15.2 Å². The lowest BCUT2D eigenvalue weighted by molar-refractivity contribution is -0.137. The maximum Gasteiger partial charge on any atom is 0.260 e. The van der Waals surface area contributed by atoms with Gasteiger partial charge in [-0.15, -0.1) is 11.3 Å². The second-order valence-corrected chi connectivity index (χ2v) is 6.87. The maximum atomic E-state index is 12.4. The van der Waals surface area contributed by atoms with Crippen molar-refractivity contribution in [1.82, 2.24) is 4.90 Å². The number of ketones is 1. The Kier molecular flexibility index (Phi) is 4.73. The zero-order chi connectivity index (χ0) is 17.9. The number of carbonyl (C=O) groups is 2. The Hall–Kier alpha value is -2.64. The highest BCUT2D eigenvalue weighted by molar-refractivity contribution is 7.10. The van der Waals surface area contributed by atoms with E-state index in [1.165, 1.54) is 11.3 Å². The van der Waals surface area contributed by atoms with Gasteiger partial charge in [0.25, 0.3) is 5.91 Å². The smallest absolute Gasteiger partial charge is 0.260 e. The topological polar surface area (TPSA) is 65.1 Å². The van der Waals surface area contributed by atoms with E-state index in [0.29, 0.717) is 49.1 Å². The van der Waals surface area contributed by atoms with E-state index in [9.17, 15) is 9.59 Å². The molecule has 0 spiro atoms. The van der Waals surface area contributed by atoms with Crippen molar-refractivity contribution in [3.8, 4) is 11.5 Å². The van der Waals surface area contributed by atoms with Crippen LogP contribution in [0.3, 0.4) is 0 Å². The third kappa shape index (κ3) is 3.49. The Bertz CT molecular complexity index is 853. The van der Waals surface area contributed by atoms with E-state index in [1.54, 1.807) is 29.2 Å². The van der Waals surface area contributed by atoms with Gasteiger partial charge in [0.1, 0.15) is 11.5 Å². The van der Waals surface area contributed by atoms with Gasteiger partial charge in [0.2, 0.25) is 5.78 Å². The molecule has 0 aliphatic carbocycles. The molecule has 2 aliphatic rings. The molecule has 1 saturated heterocycles. The van der Waals surface area contributed by atoms with Crippen LogP contribution in [0.4, 0.5) is 0 Å². The largest absolute Gasteiger partial charge is 0.484 e. The maximum absolute atomic E-state index is 12.4. The van der Waals surface area contributed by atoms with Gasteiger partial charge in [-0.1, -0.05) is 6.07 Å². The normalized spacial score (nSPS) is 17.9. The average molecular weight is 371 g/mol. The van der Waals surface area contributed by atoms with Crippen LogP contribution >= 0.6 is 11.3 Å². The molecule has 0 radical (unpaired) electrons. The van der Waals surface area contributed by atoms with Gasteiger partial charge in [-0.25, -0.2) is 0 Å². The van der Waals surface area contributed by atoms with Gasteiger partial charge in [-0.2, -0.15) is 0 Å². The lowest BCUT2D eigenvalue weighted by Crippen LogP contribution is -2.42. The molecule has 134 valence electrons. The Balaban J connectivity index is 1.42. The van der Waals surface area contributed by atoms with Crippen LogP contribution < -0.4 is 9.47 Å². The van der Waals surface area contributed by atoms with Gasteiger partial charge in [0, 0.05) is 30.1 Å². The Morgan fingerprint density at radius 1 is 1.27 bits per heavy atom. The highest BCUT2D eigenvalue weighted by atomic mass is 32.1. The van der Waals surface area contributed by atoms with E-state index in [1.807, 2.05) is 17.5 Å². The zero-order valence-corrected chi connectivity index (χ0v) is 14.8. The van der Waals surface area contributed by atoms with E-state index in [4.69, 9.17) is 14.2 Å². The number of fused-ring (bicyclic) bond motifs is 1. The molecule has 26 heavy (non-hydrogen) atoms. The van der Waals surface area contributed by atoms with Gasteiger partial charge < -0.3 is 19.1 Å². The summed E-state index contributed by atoms with van der Waals surface area (Å²) < 4.78 is 16.5. The molecule has 2 aromatic rings. The van der Waals surface area contributed by atoms with Crippen molar-refractivity contribution in [3.05, 3.63) is 51.9 Å². The summed E-state index contributed by atoms with van der Waals surface area (Å²) in [5.74, 6) is 1.02. The Labute approximate surface area is 154 Å². The highest BCUT2D eigenvalue weighted by Crippen LogP contribution is 2.35. The summed E-state index contributed by atoms with van der Waals surface area (Å²) in [7, 11) is 0. The SMILES string of the molecule is O=C1C(=Cc2cccs2)Oc2cc(OCC(=O)N3CCOCC3)ccc21. The number of nitrogens with zero attached hydrogens (tertiary/aromatic N) is 1. The molecular formula is C19H17NO5S. The number of allylic oxidation sites excluding steroid dienone is 1. The number of hydrogen-bond acceptors (Lipinski definition) is 6. The van der Waals surface area contributed by atoms with Crippen LogP contribution in [-0.4, -0.2) is 49.5 Å². The molecule has 3 heterocycles. The van der Waals surface area contributed by atoms with Crippen molar-refractivity contribution in [2.45, 2.75) is 0 Å². The first-order valence-corrected chi connectivity index (χ1v) is 9.19. The average Bonchev–Trinajstić information content (AvgIpc) is 3.29. The van der Waals surface area contributed by atoms with Crippen LogP contribution in [0.5, 0.6) is 11.5 Å². The third-order valence-electron chi connectivity index (χ3n) is 4.18. The highest BCUT2D eigenvalue weighted by Gasteiger charge is 2.28. The number of morpholine rings is 1. The molecule has 0 saturated carbocycles. The fourth-order valence-electron chi connectivity index (χ4n) is 2.81. The molecule has 0 bridgehead atoms. The molecule has 0 unspecified atom stereocenters. The fourth-order valence-corrected chi connectivity index (χ4v) is 3.46. The second-order valence-electron chi connectivity index (χ2n) is 5.89. The number of rotatable bonds is 4. The second kappa shape index (κ2) is 7.31. The molecule has 0 N–H and O–H groups in total. The first-order valence-electron chi connectivity index (χ1n) is 8.31. The van der Waals surface area contributed by atoms with E-state index < -0.39 is 0 Å². The summed E-state index contributed by atoms with van der Waals surface area (Å²) in [5, 5.41) is 1.94. The van der Waals surface area contributed by atoms with Gasteiger partial charge in [0.15, 0.2) is 12.4 Å². The number of Topliss-reactive ketones (excluding diaryl/α,β-unsaturated/α-hetero) is 1. The fraction of sp³-hybridized carbons (Fsp3) is 0.263. The molecule has 1 amide bonds. The zero-order valence-electron chi connectivity index (χ0n) is 14.0. The lowest BCUT2D eigenvalue weighted by Gasteiger charge is -2.26. The van der Waals surface area contributed by atoms with Crippen molar-refractivity contribution in [1.29, 1.82) is 0 Å². The number of ether oxygens (including phenoxy) is 3. The molecule has 6 nitrogen and oxygen atoms in total. The quantitative estimate of drug-likeness (QED) is 0.773. The summed E-state index contributed by atoms with van der Waals surface area (Å²) in [6.45, 7) is 2.23. The number of amides is 1. The monoisotopic (exact) mass is 371 g/mol.